The minimum Gasteiger partial charge on any atom is -0.352 e. The third-order valence-electron chi connectivity index (χ3n) is 3.42. The molecule has 2 aromatic carbocycles. The van der Waals surface area contributed by atoms with E-state index in [1.807, 2.05) is 42.5 Å². The van der Waals surface area contributed by atoms with Crippen molar-refractivity contribution in [1.82, 2.24) is 15.3 Å². The molecule has 0 aliphatic rings. The number of aromatic nitrogens is 2. The van der Waals surface area contributed by atoms with E-state index in [1.54, 1.807) is 12.1 Å². The van der Waals surface area contributed by atoms with Gasteiger partial charge in [0, 0.05) is 24.1 Å². The van der Waals surface area contributed by atoms with Crippen molar-refractivity contribution >= 4 is 34.6 Å². The summed E-state index contributed by atoms with van der Waals surface area (Å²) in [6, 6.07) is 15.2. The van der Waals surface area contributed by atoms with Gasteiger partial charge >= 0.3 is 0 Å². The van der Waals surface area contributed by atoms with Gasteiger partial charge in [-0.05, 0) is 29.8 Å². The number of amides is 1. The van der Waals surface area contributed by atoms with E-state index in [2.05, 4.69) is 15.3 Å². The molecule has 1 aromatic heterocycles. The minimum atomic E-state index is -0.152. The van der Waals surface area contributed by atoms with Crippen molar-refractivity contribution in [3.63, 3.8) is 0 Å². The summed E-state index contributed by atoms with van der Waals surface area (Å²) in [5, 5.41) is 3.46. The van der Waals surface area contributed by atoms with E-state index in [9.17, 15) is 4.79 Å². The van der Waals surface area contributed by atoms with Crippen LogP contribution in [0.3, 0.4) is 0 Å². The number of halogens is 1. The zero-order valence-corrected chi connectivity index (χ0v) is 13.2. The number of nitrogens with one attached hydrogen (secondary N) is 2. The maximum absolute atomic E-state index is 11.8. The van der Waals surface area contributed by atoms with Crippen molar-refractivity contribution in [2.24, 2.45) is 0 Å². The molecule has 5 heteroatoms. The quantitative estimate of drug-likeness (QED) is 0.704. The van der Waals surface area contributed by atoms with Crippen LogP contribution in [-0.4, -0.2) is 22.4 Å². The highest BCUT2D eigenvalue weighted by molar-refractivity contribution is 6.32. The number of carbonyl (C=O) groups excluding carboxylic acids is 1. The molecule has 116 valence electrons. The summed E-state index contributed by atoms with van der Waals surface area (Å²) >= 11 is 6.04. The summed E-state index contributed by atoms with van der Waals surface area (Å²) in [6.07, 6.45) is 3.85. The van der Waals surface area contributed by atoms with Gasteiger partial charge in [0.05, 0.1) is 11.0 Å². The SMILES string of the molecule is O=C(C=Cc1ccccc1Cl)NCCc1nc2ccccc2[nH]1. The molecule has 3 rings (SSSR count). The van der Waals surface area contributed by atoms with Crippen LogP contribution in [0.1, 0.15) is 11.4 Å². The second-order valence-electron chi connectivity index (χ2n) is 5.10. The summed E-state index contributed by atoms with van der Waals surface area (Å²) in [5.41, 5.74) is 2.77. The Kier molecular flexibility index (Phi) is 4.74. The first-order valence-electron chi connectivity index (χ1n) is 7.36. The highest BCUT2D eigenvalue weighted by Crippen LogP contribution is 2.16. The Labute approximate surface area is 139 Å². The molecule has 1 amide bonds. The second kappa shape index (κ2) is 7.11. The molecule has 1 heterocycles. The number of hydrogen-bond acceptors (Lipinski definition) is 2. The average molecular weight is 326 g/mol. The second-order valence-corrected chi connectivity index (χ2v) is 5.50. The molecular weight excluding hydrogens is 310 g/mol. The van der Waals surface area contributed by atoms with Crippen molar-refractivity contribution in [3.8, 4) is 0 Å². The average Bonchev–Trinajstić information content (AvgIpc) is 2.97. The summed E-state index contributed by atoms with van der Waals surface area (Å²) < 4.78 is 0. The van der Waals surface area contributed by atoms with Gasteiger partial charge in [0.25, 0.3) is 0 Å². The van der Waals surface area contributed by atoms with Gasteiger partial charge in [0.2, 0.25) is 5.91 Å². The van der Waals surface area contributed by atoms with Crippen molar-refractivity contribution in [1.29, 1.82) is 0 Å². The van der Waals surface area contributed by atoms with Gasteiger partial charge in [0.1, 0.15) is 5.82 Å². The van der Waals surface area contributed by atoms with Gasteiger partial charge in [-0.2, -0.15) is 0 Å². The Morgan fingerprint density at radius 1 is 1.17 bits per heavy atom. The van der Waals surface area contributed by atoms with Crippen LogP contribution >= 0.6 is 11.6 Å². The number of nitrogens with zero attached hydrogens (tertiary/aromatic N) is 1. The molecule has 0 spiro atoms. The Morgan fingerprint density at radius 3 is 2.78 bits per heavy atom. The largest absolute Gasteiger partial charge is 0.352 e. The zero-order valence-electron chi connectivity index (χ0n) is 12.4. The number of H-pyrrole nitrogens is 1. The van der Waals surface area contributed by atoms with Crippen LogP contribution in [-0.2, 0) is 11.2 Å². The fourth-order valence-corrected chi connectivity index (χ4v) is 2.46. The fraction of sp³-hybridized carbons (Fsp3) is 0.111. The molecule has 3 aromatic rings. The maximum atomic E-state index is 11.8. The predicted molar refractivity (Wildman–Crippen MR) is 93.3 cm³/mol. The van der Waals surface area contributed by atoms with Crippen LogP contribution in [0.15, 0.2) is 54.6 Å². The number of imidazole rings is 1. The van der Waals surface area contributed by atoms with Gasteiger partial charge in [0.15, 0.2) is 0 Å². The molecule has 0 aliphatic carbocycles. The maximum Gasteiger partial charge on any atom is 0.244 e. The number of carbonyl (C=O) groups is 1. The van der Waals surface area contributed by atoms with Gasteiger partial charge in [-0.3, -0.25) is 4.79 Å². The van der Waals surface area contributed by atoms with E-state index < -0.39 is 0 Å². The van der Waals surface area contributed by atoms with E-state index in [1.165, 1.54) is 6.08 Å². The molecule has 0 radical (unpaired) electrons. The summed E-state index contributed by atoms with van der Waals surface area (Å²) in [4.78, 5) is 19.5. The summed E-state index contributed by atoms with van der Waals surface area (Å²) in [7, 11) is 0. The minimum absolute atomic E-state index is 0.152. The van der Waals surface area contributed by atoms with Crippen molar-refractivity contribution in [2.45, 2.75) is 6.42 Å². The normalized spacial score (nSPS) is 11.2. The van der Waals surface area contributed by atoms with E-state index in [4.69, 9.17) is 11.6 Å². The third-order valence-corrected chi connectivity index (χ3v) is 3.76. The number of hydrogen-bond donors (Lipinski definition) is 2. The Bertz CT molecular complexity index is 821. The number of para-hydroxylation sites is 2. The molecule has 2 N–H and O–H groups in total. The van der Waals surface area contributed by atoms with E-state index in [0.29, 0.717) is 18.0 Å². The van der Waals surface area contributed by atoms with Gasteiger partial charge in [-0.15, -0.1) is 0 Å². The molecule has 0 fully saturated rings. The number of rotatable bonds is 5. The molecule has 0 bridgehead atoms. The first-order valence-corrected chi connectivity index (χ1v) is 7.74. The number of aromatic amines is 1. The van der Waals surface area contributed by atoms with Crippen LogP contribution in [0.5, 0.6) is 0 Å². The lowest BCUT2D eigenvalue weighted by Crippen LogP contribution is -2.23. The first-order chi connectivity index (χ1) is 11.2. The third kappa shape index (κ3) is 3.99. The molecule has 4 nitrogen and oxygen atoms in total. The molecule has 23 heavy (non-hydrogen) atoms. The predicted octanol–water partition coefficient (Wildman–Crippen LogP) is 3.59. The topological polar surface area (TPSA) is 57.8 Å². The molecule has 0 aliphatic heterocycles. The van der Waals surface area contributed by atoms with Crippen LogP contribution in [0.25, 0.3) is 17.1 Å². The smallest absolute Gasteiger partial charge is 0.244 e. The molecule has 0 atom stereocenters. The van der Waals surface area contributed by atoms with Crippen molar-refractivity contribution in [3.05, 3.63) is 71.0 Å². The zero-order chi connectivity index (χ0) is 16.1. The standard InChI is InChI=1S/C18H16ClN3O/c19-14-6-2-1-5-13(14)9-10-18(23)20-12-11-17-21-15-7-3-4-8-16(15)22-17/h1-10H,11-12H2,(H,20,23)(H,21,22). The Morgan fingerprint density at radius 2 is 1.96 bits per heavy atom. The van der Waals surface area contributed by atoms with Gasteiger partial charge < -0.3 is 10.3 Å². The lowest BCUT2D eigenvalue weighted by atomic mass is 10.2. The highest BCUT2D eigenvalue weighted by atomic mass is 35.5. The van der Waals surface area contributed by atoms with Crippen LogP contribution < -0.4 is 5.32 Å². The van der Waals surface area contributed by atoms with Crippen LogP contribution in [0.4, 0.5) is 0 Å². The van der Waals surface area contributed by atoms with E-state index in [0.717, 1.165) is 22.4 Å². The van der Waals surface area contributed by atoms with Crippen LogP contribution in [0, 0.1) is 0 Å². The van der Waals surface area contributed by atoms with E-state index in [-0.39, 0.29) is 5.91 Å². The molecule has 0 unspecified atom stereocenters. The Hall–Kier alpha value is -2.59. The number of fused-ring (bicyclic) bond motifs is 1. The molecule has 0 saturated heterocycles. The first kappa shape index (κ1) is 15.3. The highest BCUT2D eigenvalue weighted by Gasteiger charge is 2.02. The van der Waals surface area contributed by atoms with Gasteiger partial charge in [-0.1, -0.05) is 41.9 Å². The van der Waals surface area contributed by atoms with Gasteiger partial charge in [-0.25, -0.2) is 4.98 Å². The van der Waals surface area contributed by atoms with Crippen LogP contribution in [0.2, 0.25) is 5.02 Å². The number of benzene rings is 2. The lowest BCUT2D eigenvalue weighted by Gasteiger charge is -2.00. The monoisotopic (exact) mass is 325 g/mol. The lowest BCUT2D eigenvalue weighted by molar-refractivity contribution is -0.116. The fourth-order valence-electron chi connectivity index (χ4n) is 2.26. The summed E-state index contributed by atoms with van der Waals surface area (Å²) in [5.74, 6) is 0.711. The van der Waals surface area contributed by atoms with E-state index >= 15 is 0 Å². The van der Waals surface area contributed by atoms with Crippen molar-refractivity contribution in [2.75, 3.05) is 6.54 Å². The summed E-state index contributed by atoms with van der Waals surface area (Å²) in [6.45, 7) is 0.519. The molecular formula is C18H16ClN3O. The molecule has 0 saturated carbocycles. The van der Waals surface area contributed by atoms with Crippen molar-refractivity contribution < 1.29 is 4.79 Å². The Balaban J connectivity index is 1.52.